The maximum Gasteiger partial charge on any atom is 0.229 e. The molecule has 3 heterocycles. The molecule has 1 amide bonds. The lowest BCUT2D eigenvalue weighted by Gasteiger charge is -2.23. The smallest absolute Gasteiger partial charge is 0.229 e. The highest BCUT2D eigenvalue weighted by atomic mass is 16.2. The molecule has 0 radical (unpaired) electrons. The third kappa shape index (κ3) is 3.02. The molecule has 5 heteroatoms. The molecule has 1 aliphatic heterocycles. The lowest BCUT2D eigenvalue weighted by molar-refractivity contribution is -0.131. The molecule has 0 bridgehead atoms. The average molecular weight is 334 g/mol. The van der Waals surface area contributed by atoms with Gasteiger partial charge in [0.25, 0.3) is 0 Å². The van der Waals surface area contributed by atoms with Gasteiger partial charge in [-0.05, 0) is 62.1 Å². The molecule has 0 saturated carbocycles. The van der Waals surface area contributed by atoms with E-state index in [9.17, 15) is 4.79 Å². The third-order valence-corrected chi connectivity index (χ3v) is 5.06. The Kier molecular flexibility index (Phi) is 3.99. The van der Waals surface area contributed by atoms with Crippen LogP contribution >= 0.6 is 0 Å². The van der Waals surface area contributed by atoms with Gasteiger partial charge in [0.05, 0.1) is 23.5 Å². The summed E-state index contributed by atoms with van der Waals surface area (Å²) in [7, 11) is 0. The van der Waals surface area contributed by atoms with E-state index in [1.54, 1.807) is 6.20 Å². The standard InChI is InChI=1S/C20H22N4O/c1-13-10-16-17(11-14(13)2)23-20(22-16)18-7-5-9-24(18)19(25)12-15-6-3-4-8-21-15/h3-4,6,8,10-11,18H,5,7,9,12H2,1-2H3,(H,22,23). The summed E-state index contributed by atoms with van der Waals surface area (Å²) in [4.78, 5) is 27.2. The normalized spacial score (nSPS) is 17.4. The molecule has 4 rings (SSSR count). The molecule has 1 unspecified atom stereocenters. The fraction of sp³-hybridized carbons (Fsp3) is 0.350. The van der Waals surface area contributed by atoms with Crippen molar-refractivity contribution in [2.45, 2.75) is 39.2 Å². The fourth-order valence-electron chi connectivity index (χ4n) is 3.56. The summed E-state index contributed by atoms with van der Waals surface area (Å²) in [5.41, 5.74) is 5.32. The minimum Gasteiger partial charge on any atom is -0.340 e. The Hall–Kier alpha value is -2.69. The quantitative estimate of drug-likeness (QED) is 0.797. The first-order chi connectivity index (χ1) is 12.1. The second kappa shape index (κ2) is 6.31. The van der Waals surface area contributed by atoms with E-state index < -0.39 is 0 Å². The van der Waals surface area contributed by atoms with Crippen molar-refractivity contribution in [2.24, 2.45) is 0 Å². The van der Waals surface area contributed by atoms with E-state index in [2.05, 4.69) is 35.9 Å². The van der Waals surface area contributed by atoms with Crippen LogP contribution in [0.5, 0.6) is 0 Å². The second-order valence-electron chi connectivity index (χ2n) is 6.82. The molecule has 3 aromatic rings. The summed E-state index contributed by atoms with van der Waals surface area (Å²) >= 11 is 0. The molecule has 1 aliphatic rings. The third-order valence-electron chi connectivity index (χ3n) is 5.06. The molecular formula is C20H22N4O. The SMILES string of the molecule is Cc1cc2nc(C3CCCN3C(=O)Cc3ccccn3)[nH]c2cc1C. The molecular weight excluding hydrogens is 312 g/mol. The van der Waals surface area contributed by atoms with Gasteiger partial charge in [0.1, 0.15) is 5.82 Å². The first kappa shape index (κ1) is 15.8. The summed E-state index contributed by atoms with van der Waals surface area (Å²) in [6, 6.07) is 9.96. The number of rotatable bonds is 3. The van der Waals surface area contributed by atoms with Crippen LogP contribution in [0.2, 0.25) is 0 Å². The summed E-state index contributed by atoms with van der Waals surface area (Å²) in [6.07, 6.45) is 4.03. The number of imidazole rings is 1. The van der Waals surface area contributed by atoms with Crippen molar-refractivity contribution in [1.82, 2.24) is 19.9 Å². The van der Waals surface area contributed by atoms with Gasteiger partial charge in [0.15, 0.2) is 0 Å². The first-order valence-electron chi connectivity index (χ1n) is 8.78. The van der Waals surface area contributed by atoms with Gasteiger partial charge >= 0.3 is 0 Å². The zero-order valence-electron chi connectivity index (χ0n) is 14.6. The van der Waals surface area contributed by atoms with Crippen LogP contribution in [0.15, 0.2) is 36.5 Å². The molecule has 1 atom stereocenters. The maximum atomic E-state index is 12.8. The number of aryl methyl sites for hydroxylation is 2. The molecule has 5 nitrogen and oxygen atoms in total. The number of aromatic nitrogens is 3. The van der Waals surface area contributed by atoms with Gasteiger partial charge in [0, 0.05) is 18.4 Å². The molecule has 0 spiro atoms. The van der Waals surface area contributed by atoms with E-state index in [0.717, 1.165) is 41.9 Å². The van der Waals surface area contributed by atoms with Gasteiger partial charge in [0.2, 0.25) is 5.91 Å². The molecule has 2 aromatic heterocycles. The van der Waals surface area contributed by atoms with Gasteiger partial charge in [-0.25, -0.2) is 4.98 Å². The van der Waals surface area contributed by atoms with Crippen molar-refractivity contribution in [3.63, 3.8) is 0 Å². The number of hydrogen-bond acceptors (Lipinski definition) is 3. The van der Waals surface area contributed by atoms with E-state index in [0.29, 0.717) is 6.42 Å². The van der Waals surface area contributed by atoms with Gasteiger partial charge < -0.3 is 9.88 Å². The van der Waals surface area contributed by atoms with E-state index in [1.807, 2.05) is 23.1 Å². The minimum absolute atomic E-state index is 0.0317. The van der Waals surface area contributed by atoms with E-state index in [1.165, 1.54) is 11.1 Å². The van der Waals surface area contributed by atoms with Crippen LogP contribution in [0.25, 0.3) is 11.0 Å². The number of benzene rings is 1. The number of H-pyrrole nitrogens is 1. The van der Waals surface area contributed by atoms with Crippen LogP contribution in [-0.2, 0) is 11.2 Å². The van der Waals surface area contributed by atoms with Crippen LogP contribution < -0.4 is 0 Å². The van der Waals surface area contributed by atoms with E-state index in [-0.39, 0.29) is 11.9 Å². The minimum atomic E-state index is 0.0317. The van der Waals surface area contributed by atoms with Crippen LogP contribution in [0.3, 0.4) is 0 Å². The number of pyridine rings is 1. The largest absolute Gasteiger partial charge is 0.340 e. The van der Waals surface area contributed by atoms with E-state index >= 15 is 0 Å². The lowest BCUT2D eigenvalue weighted by Crippen LogP contribution is -2.32. The maximum absolute atomic E-state index is 12.8. The predicted molar refractivity (Wildman–Crippen MR) is 97.2 cm³/mol. The molecule has 1 N–H and O–H groups in total. The van der Waals surface area contributed by atoms with Crippen molar-refractivity contribution in [1.29, 1.82) is 0 Å². The van der Waals surface area contributed by atoms with Crippen LogP contribution in [-0.4, -0.2) is 32.3 Å². The summed E-state index contributed by atoms with van der Waals surface area (Å²) in [5.74, 6) is 1.01. The molecule has 128 valence electrons. The number of hydrogen-bond donors (Lipinski definition) is 1. The number of aromatic amines is 1. The number of amides is 1. The van der Waals surface area contributed by atoms with E-state index in [4.69, 9.17) is 4.98 Å². The van der Waals surface area contributed by atoms with Gasteiger partial charge in [-0.1, -0.05) is 6.07 Å². The Morgan fingerprint density at radius 1 is 1.28 bits per heavy atom. The summed E-state index contributed by atoms with van der Waals surface area (Å²) in [6.45, 7) is 4.99. The monoisotopic (exact) mass is 334 g/mol. The first-order valence-corrected chi connectivity index (χ1v) is 8.78. The predicted octanol–water partition coefficient (Wildman–Crippen LogP) is 3.48. The summed E-state index contributed by atoms with van der Waals surface area (Å²) in [5, 5.41) is 0. The molecule has 1 aromatic carbocycles. The van der Waals surface area contributed by atoms with Gasteiger partial charge in [-0.3, -0.25) is 9.78 Å². The number of carbonyl (C=O) groups excluding carboxylic acids is 1. The Bertz CT molecular complexity index is 877. The highest BCUT2D eigenvalue weighted by Gasteiger charge is 2.32. The number of carbonyl (C=O) groups is 1. The Morgan fingerprint density at radius 3 is 2.92 bits per heavy atom. The molecule has 1 fully saturated rings. The van der Waals surface area contributed by atoms with Crippen molar-refractivity contribution < 1.29 is 4.79 Å². The number of likely N-dealkylation sites (tertiary alicyclic amines) is 1. The van der Waals surface area contributed by atoms with Crippen molar-refractivity contribution in [3.8, 4) is 0 Å². The summed E-state index contributed by atoms with van der Waals surface area (Å²) < 4.78 is 0. The highest BCUT2D eigenvalue weighted by Crippen LogP contribution is 2.32. The van der Waals surface area contributed by atoms with Crippen LogP contribution in [0.4, 0.5) is 0 Å². The highest BCUT2D eigenvalue weighted by molar-refractivity contribution is 5.80. The molecule has 25 heavy (non-hydrogen) atoms. The van der Waals surface area contributed by atoms with Crippen LogP contribution in [0, 0.1) is 13.8 Å². The van der Waals surface area contributed by atoms with Crippen molar-refractivity contribution in [3.05, 3.63) is 59.2 Å². The zero-order chi connectivity index (χ0) is 17.4. The topological polar surface area (TPSA) is 61.9 Å². The number of nitrogens with zero attached hydrogens (tertiary/aromatic N) is 3. The Labute approximate surface area is 147 Å². The average Bonchev–Trinajstić information content (AvgIpc) is 3.22. The molecule has 0 aliphatic carbocycles. The van der Waals surface area contributed by atoms with Gasteiger partial charge in [-0.15, -0.1) is 0 Å². The zero-order valence-corrected chi connectivity index (χ0v) is 14.6. The van der Waals surface area contributed by atoms with Crippen molar-refractivity contribution >= 4 is 16.9 Å². The number of fused-ring (bicyclic) bond motifs is 1. The van der Waals surface area contributed by atoms with Gasteiger partial charge in [-0.2, -0.15) is 0 Å². The molecule has 1 saturated heterocycles. The number of nitrogens with one attached hydrogen (secondary N) is 1. The second-order valence-corrected chi connectivity index (χ2v) is 6.82. The fourth-order valence-corrected chi connectivity index (χ4v) is 3.56. The lowest BCUT2D eigenvalue weighted by atomic mass is 10.1. The Morgan fingerprint density at radius 2 is 2.12 bits per heavy atom. The van der Waals surface area contributed by atoms with Crippen molar-refractivity contribution in [2.75, 3.05) is 6.54 Å². The Balaban J connectivity index is 1.60. The van der Waals surface area contributed by atoms with Crippen LogP contribution in [0.1, 0.15) is 41.5 Å².